The number of hydrogen-bond donors (Lipinski definition) is 1. The van der Waals surface area contributed by atoms with Crippen LogP contribution in [0.2, 0.25) is 0 Å². The Balaban J connectivity index is 1.99. The predicted octanol–water partition coefficient (Wildman–Crippen LogP) is 3.34. The number of aromatic nitrogens is 2. The zero-order valence-electron chi connectivity index (χ0n) is 10.7. The number of anilines is 1. The summed E-state index contributed by atoms with van der Waals surface area (Å²) in [5, 5.41) is 3.55. The van der Waals surface area contributed by atoms with Gasteiger partial charge in [0.15, 0.2) is 0 Å². The molecule has 0 spiro atoms. The smallest absolute Gasteiger partial charge is 0.133 e. The summed E-state index contributed by atoms with van der Waals surface area (Å²) < 4.78 is 0. The van der Waals surface area contributed by atoms with E-state index in [0.717, 1.165) is 23.9 Å². The maximum Gasteiger partial charge on any atom is 0.133 e. The lowest BCUT2D eigenvalue weighted by Crippen LogP contribution is -2.17. The van der Waals surface area contributed by atoms with Crippen LogP contribution < -0.4 is 5.32 Å². The maximum atomic E-state index is 6.26. The van der Waals surface area contributed by atoms with E-state index < -0.39 is 0 Å². The van der Waals surface area contributed by atoms with Crippen molar-refractivity contribution in [2.75, 3.05) is 11.9 Å². The van der Waals surface area contributed by atoms with Crippen LogP contribution >= 0.6 is 11.6 Å². The molecule has 1 atom stereocenters. The number of halogens is 1. The first-order chi connectivity index (χ1) is 8.06. The summed E-state index contributed by atoms with van der Waals surface area (Å²) in [6, 6.07) is 1.97. The average molecular weight is 254 g/mol. The summed E-state index contributed by atoms with van der Waals surface area (Å²) in [5.41, 5.74) is 1.00. The minimum atomic E-state index is 0.229. The molecule has 0 amide bonds. The Labute approximate surface area is 108 Å². The van der Waals surface area contributed by atoms with Gasteiger partial charge in [-0.3, -0.25) is 0 Å². The number of rotatable bonds is 5. The molecular formula is C13H20ClN3. The largest absolute Gasteiger partial charge is 0.368 e. The van der Waals surface area contributed by atoms with Gasteiger partial charge < -0.3 is 5.32 Å². The fourth-order valence-corrected chi connectivity index (χ4v) is 2.10. The Kier molecular flexibility index (Phi) is 3.87. The van der Waals surface area contributed by atoms with Crippen molar-refractivity contribution in [3.63, 3.8) is 0 Å². The number of nitrogens with one attached hydrogen (secondary N) is 1. The van der Waals surface area contributed by atoms with Gasteiger partial charge in [-0.05, 0) is 25.7 Å². The fraction of sp³-hybridized carbons (Fsp3) is 0.692. The SMILES string of the molecule is Cc1cc(NCC(Cl)C2CC2)nc(C(C)C)n1. The van der Waals surface area contributed by atoms with Crippen molar-refractivity contribution in [3.8, 4) is 0 Å². The van der Waals surface area contributed by atoms with Crippen molar-refractivity contribution in [3.05, 3.63) is 17.6 Å². The van der Waals surface area contributed by atoms with Crippen molar-refractivity contribution < 1.29 is 0 Å². The molecule has 1 saturated carbocycles. The monoisotopic (exact) mass is 253 g/mol. The van der Waals surface area contributed by atoms with E-state index in [1.165, 1.54) is 12.8 Å². The topological polar surface area (TPSA) is 37.8 Å². The number of hydrogen-bond acceptors (Lipinski definition) is 3. The molecule has 1 heterocycles. The van der Waals surface area contributed by atoms with Gasteiger partial charge in [0.1, 0.15) is 11.6 Å². The number of nitrogens with zero attached hydrogens (tertiary/aromatic N) is 2. The summed E-state index contributed by atoms with van der Waals surface area (Å²) in [5.74, 6) is 2.85. The number of aryl methyl sites for hydroxylation is 1. The first-order valence-corrected chi connectivity index (χ1v) is 6.73. The highest BCUT2D eigenvalue weighted by molar-refractivity contribution is 6.21. The van der Waals surface area contributed by atoms with Crippen LogP contribution in [0.15, 0.2) is 6.07 Å². The molecule has 0 bridgehead atoms. The van der Waals surface area contributed by atoms with Crippen molar-refractivity contribution in [2.45, 2.75) is 44.9 Å². The molecule has 4 heteroatoms. The zero-order chi connectivity index (χ0) is 12.4. The van der Waals surface area contributed by atoms with Gasteiger partial charge in [-0.1, -0.05) is 13.8 Å². The van der Waals surface area contributed by atoms with Crippen LogP contribution in [-0.2, 0) is 0 Å². The van der Waals surface area contributed by atoms with Crippen LogP contribution in [-0.4, -0.2) is 21.9 Å². The summed E-state index contributed by atoms with van der Waals surface area (Å²) in [6.45, 7) is 7.00. The van der Waals surface area contributed by atoms with Gasteiger partial charge in [0.05, 0.1) is 5.38 Å². The molecule has 17 heavy (non-hydrogen) atoms. The van der Waals surface area contributed by atoms with Gasteiger partial charge in [-0.15, -0.1) is 11.6 Å². The van der Waals surface area contributed by atoms with Crippen LogP contribution in [0.3, 0.4) is 0 Å². The lowest BCUT2D eigenvalue weighted by molar-refractivity contribution is 0.751. The van der Waals surface area contributed by atoms with Crippen molar-refractivity contribution in [1.82, 2.24) is 9.97 Å². The highest BCUT2D eigenvalue weighted by Crippen LogP contribution is 2.35. The molecule has 0 saturated heterocycles. The van der Waals surface area contributed by atoms with E-state index in [-0.39, 0.29) is 5.38 Å². The summed E-state index contributed by atoms with van der Waals surface area (Å²) in [7, 11) is 0. The van der Waals surface area contributed by atoms with Gasteiger partial charge in [0, 0.05) is 24.2 Å². The lowest BCUT2D eigenvalue weighted by atomic mass is 10.2. The molecule has 1 aliphatic carbocycles. The van der Waals surface area contributed by atoms with Crippen molar-refractivity contribution in [1.29, 1.82) is 0 Å². The molecule has 3 nitrogen and oxygen atoms in total. The van der Waals surface area contributed by atoms with Crippen LogP contribution in [0.5, 0.6) is 0 Å². The number of alkyl halides is 1. The van der Waals surface area contributed by atoms with Gasteiger partial charge in [-0.2, -0.15) is 0 Å². The predicted molar refractivity (Wildman–Crippen MR) is 71.7 cm³/mol. The van der Waals surface area contributed by atoms with Crippen molar-refractivity contribution >= 4 is 17.4 Å². The highest BCUT2D eigenvalue weighted by Gasteiger charge is 2.29. The van der Waals surface area contributed by atoms with E-state index in [0.29, 0.717) is 11.8 Å². The third kappa shape index (κ3) is 3.56. The maximum absolute atomic E-state index is 6.26. The van der Waals surface area contributed by atoms with E-state index in [4.69, 9.17) is 11.6 Å². The summed E-state index contributed by atoms with van der Waals surface area (Å²) in [4.78, 5) is 8.93. The summed E-state index contributed by atoms with van der Waals surface area (Å²) in [6.07, 6.45) is 2.55. The molecule has 0 aliphatic heterocycles. The summed E-state index contributed by atoms with van der Waals surface area (Å²) >= 11 is 6.26. The van der Waals surface area contributed by atoms with Crippen LogP contribution in [0.1, 0.15) is 44.1 Å². The molecule has 1 unspecified atom stereocenters. The quantitative estimate of drug-likeness (QED) is 0.818. The van der Waals surface area contributed by atoms with E-state index in [2.05, 4.69) is 29.1 Å². The minimum Gasteiger partial charge on any atom is -0.368 e. The standard InChI is InChI=1S/C13H20ClN3/c1-8(2)13-16-9(3)6-12(17-13)15-7-11(14)10-4-5-10/h6,8,10-11H,4-5,7H2,1-3H3,(H,15,16,17). The molecule has 2 rings (SSSR count). The van der Waals surface area contributed by atoms with E-state index >= 15 is 0 Å². The van der Waals surface area contributed by atoms with Gasteiger partial charge in [0.2, 0.25) is 0 Å². The van der Waals surface area contributed by atoms with Gasteiger partial charge in [0.25, 0.3) is 0 Å². The normalized spacial score (nSPS) is 17.2. The second-order valence-corrected chi connectivity index (χ2v) is 5.70. The van der Waals surface area contributed by atoms with Gasteiger partial charge >= 0.3 is 0 Å². The second kappa shape index (κ2) is 5.21. The van der Waals surface area contributed by atoms with Crippen LogP contribution in [0.4, 0.5) is 5.82 Å². The first-order valence-electron chi connectivity index (χ1n) is 6.30. The van der Waals surface area contributed by atoms with Crippen LogP contribution in [0.25, 0.3) is 0 Å². The van der Waals surface area contributed by atoms with Crippen LogP contribution in [0, 0.1) is 12.8 Å². The molecule has 1 fully saturated rings. The second-order valence-electron chi connectivity index (χ2n) is 5.14. The molecule has 0 radical (unpaired) electrons. The van der Waals surface area contributed by atoms with E-state index in [1.807, 2.05) is 13.0 Å². The fourth-order valence-electron chi connectivity index (χ4n) is 1.77. The molecule has 94 valence electrons. The van der Waals surface area contributed by atoms with E-state index in [9.17, 15) is 0 Å². The zero-order valence-corrected chi connectivity index (χ0v) is 11.5. The molecule has 0 aromatic carbocycles. The van der Waals surface area contributed by atoms with E-state index in [1.54, 1.807) is 0 Å². The minimum absolute atomic E-state index is 0.229. The third-order valence-corrected chi connectivity index (χ3v) is 3.51. The Morgan fingerprint density at radius 3 is 2.71 bits per heavy atom. The molecular weight excluding hydrogens is 234 g/mol. The molecule has 1 aromatic rings. The van der Waals surface area contributed by atoms with Crippen molar-refractivity contribution in [2.24, 2.45) is 5.92 Å². The Morgan fingerprint density at radius 2 is 2.12 bits per heavy atom. The van der Waals surface area contributed by atoms with Gasteiger partial charge in [-0.25, -0.2) is 9.97 Å². The lowest BCUT2D eigenvalue weighted by Gasteiger charge is -2.12. The molecule has 1 aromatic heterocycles. The molecule has 1 aliphatic rings. The average Bonchev–Trinajstić information content (AvgIpc) is 3.08. The Morgan fingerprint density at radius 1 is 1.41 bits per heavy atom. The first kappa shape index (κ1) is 12.6. The highest BCUT2D eigenvalue weighted by atomic mass is 35.5. The Bertz CT molecular complexity index is 388. The molecule has 1 N–H and O–H groups in total. The Hall–Kier alpha value is -0.830. The third-order valence-electron chi connectivity index (χ3n) is 3.00.